The first-order chi connectivity index (χ1) is 9.65. The molecule has 0 aliphatic carbocycles. The van der Waals surface area contributed by atoms with Gasteiger partial charge in [0.15, 0.2) is 0 Å². The molecular formula is C13H8BrClN4S. The lowest BCUT2D eigenvalue weighted by molar-refractivity contribution is 1.18. The fourth-order valence-electron chi connectivity index (χ4n) is 1.70. The van der Waals surface area contributed by atoms with Crippen LogP contribution in [-0.4, -0.2) is 15.0 Å². The number of nitrogen functional groups attached to an aromatic ring is 1. The van der Waals surface area contributed by atoms with Crippen LogP contribution in [0.1, 0.15) is 0 Å². The van der Waals surface area contributed by atoms with Gasteiger partial charge in [-0.2, -0.15) is 0 Å². The van der Waals surface area contributed by atoms with Gasteiger partial charge in [-0.3, -0.25) is 0 Å². The van der Waals surface area contributed by atoms with Crippen molar-refractivity contribution in [3.05, 3.63) is 46.2 Å². The topological polar surface area (TPSA) is 64.7 Å². The van der Waals surface area contributed by atoms with E-state index >= 15 is 0 Å². The minimum Gasteiger partial charge on any atom is -0.368 e. The monoisotopic (exact) mass is 366 g/mol. The van der Waals surface area contributed by atoms with Crippen LogP contribution in [0.5, 0.6) is 0 Å². The van der Waals surface area contributed by atoms with Crippen LogP contribution < -0.4 is 5.73 Å². The molecule has 100 valence electrons. The van der Waals surface area contributed by atoms with Gasteiger partial charge < -0.3 is 5.73 Å². The molecule has 0 radical (unpaired) electrons. The number of rotatable bonds is 2. The van der Waals surface area contributed by atoms with E-state index in [2.05, 4.69) is 30.9 Å². The molecule has 2 aromatic heterocycles. The molecule has 0 spiro atoms. The molecule has 0 atom stereocenters. The first-order valence-corrected chi connectivity index (χ1v) is 7.63. The van der Waals surface area contributed by atoms with Crippen LogP contribution in [0.3, 0.4) is 0 Å². The van der Waals surface area contributed by atoms with Gasteiger partial charge in [-0.05, 0) is 22.0 Å². The third-order valence-electron chi connectivity index (χ3n) is 2.61. The van der Waals surface area contributed by atoms with E-state index in [-0.39, 0.29) is 5.95 Å². The van der Waals surface area contributed by atoms with Gasteiger partial charge in [0, 0.05) is 18.0 Å². The first-order valence-electron chi connectivity index (χ1n) is 5.64. The summed E-state index contributed by atoms with van der Waals surface area (Å²) in [6.45, 7) is 0. The van der Waals surface area contributed by atoms with Crippen LogP contribution in [0.25, 0.3) is 21.1 Å². The number of anilines is 1. The van der Waals surface area contributed by atoms with E-state index in [1.54, 1.807) is 12.4 Å². The fraction of sp³-hybridized carbons (Fsp3) is 0. The maximum absolute atomic E-state index is 6.18. The molecule has 7 heteroatoms. The Labute approximate surface area is 132 Å². The predicted octanol–water partition coefficient (Wildman–Crippen LogP) is 4.27. The van der Waals surface area contributed by atoms with Gasteiger partial charge in [0.2, 0.25) is 5.95 Å². The molecule has 0 aliphatic heterocycles. The van der Waals surface area contributed by atoms with E-state index < -0.39 is 0 Å². The van der Waals surface area contributed by atoms with E-state index in [0.29, 0.717) is 5.02 Å². The Morgan fingerprint density at radius 1 is 1.15 bits per heavy atom. The van der Waals surface area contributed by atoms with E-state index in [4.69, 9.17) is 17.3 Å². The third-order valence-corrected chi connectivity index (χ3v) is 4.55. The van der Waals surface area contributed by atoms with Crippen molar-refractivity contribution in [3.63, 3.8) is 0 Å². The largest absolute Gasteiger partial charge is 0.368 e. The van der Waals surface area contributed by atoms with E-state index in [9.17, 15) is 0 Å². The van der Waals surface area contributed by atoms with Gasteiger partial charge in [-0.1, -0.05) is 29.8 Å². The number of nitrogens with two attached hydrogens (primary N) is 1. The molecule has 0 saturated carbocycles. The summed E-state index contributed by atoms with van der Waals surface area (Å²) < 4.78 is 0.779. The second-order valence-electron chi connectivity index (χ2n) is 3.93. The van der Waals surface area contributed by atoms with Crippen LogP contribution in [0.2, 0.25) is 5.02 Å². The quantitative estimate of drug-likeness (QED) is 0.735. The molecule has 2 N–H and O–H groups in total. The van der Waals surface area contributed by atoms with Crippen molar-refractivity contribution in [1.29, 1.82) is 0 Å². The highest BCUT2D eigenvalue weighted by molar-refractivity contribution is 9.10. The van der Waals surface area contributed by atoms with Crippen LogP contribution in [-0.2, 0) is 0 Å². The second-order valence-corrected chi connectivity index (χ2v) is 6.23. The average Bonchev–Trinajstić information content (AvgIpc) is 2.91. The standard InChI is InChI=1S/C13H8BrClN4S/c14-8-5-18-13(16)19-11(8)10-6-17-12(20-10)7-3-1-2-4-9(7)15/h1-6H,(H2,16,18,19). The molecule has 1 aromatic carbocycles. The molecular weight excluding hydrogens is 360 g/mol. The normalized spacial score (nSPS) is 10.7. The Morgan fingerprint density at radius 2 is 1.95 bits per heavy atom. The molecule has 0 bridgehead atoms. The fourth-order valence-corrected chi connectivity index (χ4v) is 3.47. The van der Waals surface area contributed by atoms with E-state index in [0.717, 1.165) is 25.6 Å². The number of nitrogens with zero attached hydrogens (tertiary/aromatic N) is 3. The maximum Gasteiger partial charge on any atom is 0.220 e. The molecule has 0 saturated heterocycles. The third kappa shape index (κ3) is 2.54. The Morgan fingerprint density at radius 3 is 2.75 bits per heavy atom. The van der Waals surface area contributed by atoms with Gasteiger partial charge in [0.05, 0.1) is 14.4 Å². The zero-order valence-electron chi connectivity index (χ0n) is 10.0. The summed E-state index contributed by atoms with van der Waals surface area (Å²) in [5, 5.41) is 1.52. The lowest BCUT2D eigenvalue weighted by Gasteiger charge is -2.00. The average molecular weight is 368 g/mol. The Kier molecular flexibility index (Phi) is 3.69. The lowest BCUT2D eigenvalue weighted by atomic mass is 10.2. The van der Waals surface area contributed by atoms with Crippen molar-refractivity contribution in [2.24, 2.45) is 0 Å². The minimum atomic E-state index is 0.232. The molecule has 4 nitrogen and oxygen atoms in total. The summed E-state index contributed by atoms with van der Waals surface area (Å²) in [4.78, 5) is 13.5. The summed E-state index contributed by atoms with van der Waals surface area (Å²) in [5.74, 6) is 0.232. The number of benzene rings is 1. The summed E-state index contributed by atoms with van der Waals surface area (Å²) >= 11 is 11.1. The molecule has 20 heavy (non-hydrogen) atoms. The zero-order chi connectivity index (χ0) is 14.1. The van der Waals surface area contributed by atoms with Crippen molar-refractivity contribution in [2.45, 2.75) is 0 Å². The smallest absolute Gasteiger partial charge is 0.220 e. The van der Waals surface area contributed by atoms with Gasteiger partial charge in [0.1, 0.15) is 10.7 Å². The number of thiazole rings is 1. The number of hydrogen-bond donors (Lipinski definition) is 1. The molecule has 2 heterocycles. The van der Waals surface area contributed by atoms with Crippen molar-refractivity contribution in [2.75, 3.05) is 5.73 Å². The Hall–Kier alpha value is -1.50. The maximum atomic E-state index is 6.18. The van der Waals surface area contributed by atoms with Crippen LogP contribution in [0.15, 0.2) is 41.1 Å². The molecule has 3 aromatic rings. The van der Waals surface area contributed by atoms with Crippen LogP contribution in [0, 0.1) is 0 Å². The van der Waals surface area contributed by atoms with Crippen molar-refractivity contribution >= 4 is 44.8 Å². The molecule has 0 fully saturated rings. The van der Waals surface area contributed by atoms with Crippen molar-refractivity contribution in [1.82, 2.24) is 15.0 Å². The van der Waals surface area contributed by atoms with Crippen LogP contribution in [0.4, 0.5) is 5.95 Å². The molecule has 0 amide bonds. The lowest BCUT2D eigenvalue weighted by Crippen LogP contribution is -1.95. The predicted molar refractivity (Wildman–Crippen MR) is 85.7 cm³/mol. The summed E-state index contributed by atoms with van der Waals surface area (Å²) in [5.41, 5.74) is 7.26. The Bertz CT molecular complexity index is 775. The van der Waals surface area contributed by atoms with E-state index in [1.165, 1.54) is 11.3 Å². The zero-order valence-corrected chi connectivity index (χ0v) is 13.2. The number of aromatic nitrogens is 3. The minimum absolute atomic E-state index is 0.232. The molecule has 3 rings (SSSR count). The highest BCUT2D eigenvalue weighted by atomic mass is 79.9. The molecule has 0 aliphatic rings. The van der Waals surface area contributed by atoms with Crippen molar-refractivity contribution < 1.29 is 0 Å². The van der Waals surface area contributed by atoms with Gasteiger partial charge >= 0.3 is 0 Å². The SMILES string of the molecule is Nc1ncc(Br)c(-c2cnc(-c3ccccc3Cl)s2)n1. The van der Waals surface area contributed by atoms with Crippen molar-refractivity contribution in [3.8, 4) is 21.1 Å². The summed E-state index contributed by atoms with van der Waals surface area (Å²) in [6.07, 6.45) is 3.39. The first kappa shape index (κ1) is 13.5. The van der Waals surface area contributed by atoms with E-state index in [1.807, 2.05) is 24.3 Å². The highest BCUT2D eigenvalue weighted by Crippen LogP contribution is 2.36. The van der Waals surface area contributed by atoms with Gasteiger partial charge in [-0.25, -0.2) is 15.0 Å². The summed E-state index contributed by atoms with van der Waals surface area (Å²) in [7, 11) is 0. The van der Waals surface area contributed by atoms with Gasteiger partial charge in [0.25, 0.3) is 0 Å². The number of hydrogen-bond acceptors (Lipinski definition) is 5. The Balaban J connectivity index is 2.07. The van der Waals surface area contributed by atoms with Crippen LogP contribution >= 0.6 is 38.9 Å². The molecule has 0 unspecified atom stereocenters. The summed E-state index contributed by atoms with van der Waals surface area (Å²) in [6, 6.07) is 7.60. The second kappa shape index (κ2) is 5.47. The number of halogens is 2. The van der Waals surface area contributed by atoms with Gasteiger partial charge in [-0.15, -0.1) is 11.3 Å². The highest BCUT2D eigenvalue weighted by Gasteiger charge is 2.13.